The number of amides is 1. The van der Waals surface area contributed by atoms with E-state index in [0.717, 1.165) is 44.3 Å². The van der Waals surface area contributed by atoms with E-state index in [4.69, 9.17) is 4.74 Å². The first-order valence-corrected chi connectivity index (χ1v) is 6.61. The van der Waals surface area contributed by atoms with Gasteiger partial charge in [-0.1, -0.05) is 18.2 Å². The van der Waals surface area contributed by atoms with E-state index in [1.807, 2.05) is 35.2 Å². The maximum absolute atomic E-state index is 12.3. The van der Waals surface area contributed by atoms with Crippen LogP contribution < -0.4 is 0 Å². The molecule has 0 radical (unpaired) electrons. The Morgan fingerprint density at radius 1 is 1.11 bits per heavy atom. The average molecular weight is 259 g/mol. The smallest absolute Gasteiger partial charge is 0.287 e. The first-order chi connectivity index (χ1) is 9.34. The molecule has 5 nitrogen and oxygen atoms in total. The molecule has 0 spiro atoms. The van der Waals surface area contributed by atoms with Crippen molar-refractivity contribution in [3.8, 4) is 0 Å². The lowest BCUT2D eigenvalue weighted by atomic mass is 10.2. The van der Waals surface area contributed by atoms with Gasteiger partial charge in [-0.25, -0.2) is 4.99 Å². The second-order valence-corrected chi connectivity index (χ2v) is 4.66. The summed E-state index contributed by atoms with van der Waals surface area (Å²) in [4.78, 5) is 20.6. The van der Waals surface area contributed by atoms with Crippen LogP contribution in [0.3, 0.4) is 0 Å². The summed E-state index contributed by atoms with van der Waals surface area (Å²) in [6.07, 6.45) is 0. The molecule has 0 saturated carbocycles. The second-order valence-electron chi connectivity index (χ2n) is 4.66. The fourth-order valence-corrected chi connectivity index (χ4v) is 2.38. The van der Waals surface area contributed by atoms with Gasteiger partial charge in [0.15, 0.2) is 0 Å². The van der Waals surface area contributed by atoms with E-state index >= 15 is 0 Å². The SMILES string of the molecule is O=C(c1ccccc1)N1CCN(C2=NCCO2)CC1. The first-order valence-electron chi connectivity index (χ1n) is 6.61. The molecule has 0 bridgehead atoms. The van der Waals surface area contributed by atoms with Crippen molar-refractivity contribution in [2.75, 3.05) is 39.3 Å². The Labute approximate surface area is 112 Å². The highest BCUT2D eigenvalue weighted by atomic mass is 16.5. The lowest BCUT2D eigenvalue weighted by Crippen LogP contribution is -2.50. The lowest BCUT2D eigenvalue weighted by molar-refractivity contribution is 0.0675. The maximum atomic E-state index is 12.3. The maximum Gasteiger partial charge on any atom is 0.287 e. The van der Waals surface area contributed by atoms with Crippen LogP contribution in [0, 0.1) is 0 Å². The molecule has 19 heavy (non-hydrogen) atoms. The highest BCUT2D eigenvalue weighted by Crippen LogP contribution is 2.10. The predicted octanol–water partition coefficient (Wildman–Crippen LogP) is 0.831. The number of rotatable bonds is 1. The van der Waals surface area contributed by atoms with Gasteiger partial charge in [0.1, 0.15) is 6.61 Å². The fourth-order valence-electron chi connectivity index (χ4n) is 2.38. The van der Waals surface area contributed by atoms with Crippen molar-refractivity contribution in [2.45, 2.75) is 0 Å². The number of amidine groups is 1. The second kappa shape index (κ2) is 5.30. The predicted molar refractivity (Wildman–Crippen MR) is 72.2 cm³/mol. The molecule has 3 rings (SSSR count). The Morgan fingerprint density at radius 2 is 1.84 bits per heavy atom. The molecular formula is C14H17N3O2. The van der Waals surface area contributed by atoms with E-state index in [1.54, 1.807) is 0 Å². The van der Waals surface area contributed by atoms with Gasteiger partial charge in [-0.3, -0.25) is 4.79 Å². The monoisotopic (exact) mass is 259 g/mol. The van der Waals surface area contributed by atoms with Crippen molar-refractivity contribution in [2.24, 2.45) is 4.99 Å². The zero-order valence-corrected chi connectivity index (χ0v) is 10.8. The van der Waals surface area contributed by atoms with Crippen LogP contribution in [0.15, 0.2) is 35.3 Å². The molecule has 5 heteroatoms. The molecule has 1 saturated heterocycles. The Kier molecular flexibility index (Phi) is 3.35. The molecule has 2 aliphatic heterocycles. The Morgan fingerprint density at radius 3 is 2.47 bits per heavy atom. The van der Waals surface area contributed by atoms with Crippen LogP contribution in [0.25, 0.3) is 0 Å². The van der Waals surface area contributed by atoms with Crippen LogP contribution in [-0.2, 0) is 4.74 Å². The van der Waals surface area contributed by atoms with Crippen molar-refractivity contribution in [3.63, 3.8) is 0 Å². The lowest BCUT2D eigenvalue weighted by Gasteiger charge is -2.35. The zero-order chi connectivity index (χ0) is 13.1. The molecular weight excluding hydrogens is 242 g/mol. The third kappa shape index (κ3) is 2.54. The minimum Gasteiger partial charge on any atom is -0.463 e. The molecule has 1 fully saturated rings. The Hall–Kier alpha value is -2.04. The van der Waals surface area contributed by atoms with Crippen LogP contribution in [0.1, 0.15) is 10.4 Å². The van der Waals surface area contributed by atoms with Gasteiger partial charge in [-0.2, -0.15) is 0 Å². The minimum atomic E-state index is 0.106. The number of benzene rings is 1. The van der Waals surface area contributed by atoms with Crippen LogP contribution in [0.5, 0.6) is 0 Å². The molecule has 0 aliphatic carbocycles. The van der Waals surface area contributed by atoms with Gasteiger partial charge in [0.2, 0.25) is 0 Å². The minimum absolute atomic E-state index is 0.106. The number of hydrogen-bond acceptors (Lipinski definition) is 4. The van der Waals surface area contributed by atoms with E-state index in [-0.39, 0.29) is 5.91 Å². The quantitative estimate of drug-likeness (QED) is 0.750. The van der Waals surface area contributed by atoms with E-state index in [9.17, 15) is 4.79 Å². The fraction of sp³-hybridized carbons (Fsp3) is 0.429. The molecule has 1 aromatic rings. The summed E-state index contributed by atoms with van der Waals surface area (Å²) in [6.45, 7) is 4.44. The third-order valence-corrected chi connectivity index (χ3v) is 3.43. The van der Waals surface area contributed by atoms with Crippen LogP contribution >= 0.6 is 0 Å². The molecule has 1 amide bonds. The number of piperazine rings is 1. The van der Waals surface area contributed by atoms with E-state index in [1.165, 1.54) is 0 Å². The summed E-state index contributed by atoms with van der Waals surface area (Å²) < 4.78 is 5.45. The molecule has 1 aromatic carbocycles. The van der Waals surface area contributed by atoms with Gasteiger partial charge < -0.3 is 14.5 Å². The third-order valence-electron chi connectivity index (χ3n) is 3.43. The van der Waals surface area contributed by atoms with Crippen LogP contribution in [0.2, 0.25) is 0 Å². The summed E-state index contributed by atoms with van der Waals surface area (Å²) in [6, 6.07) is 10.2. The van der Waals surface area contributed by atoms with Crippen LogP contribution in [0.4, 0.5) is 0 Å². The van der Waals surface area contributed by atoms with Gasteiger partial charge in [-0.15, -0.1) is 0 Å². The summed E-state index contributed by atoms with van der Waals surface area (Å²) >= 11 is 0. The molecule has 2 heterocycles. The number of carbonyl (C=O) groups excluding carboxylic acids is 1. The molecule has 100 valence electrons. The van der Waals surface area contributed by atoms with Gasteiger partial charge in [-0.05, 0) is 12.1 Å². The topological polar surface area (TPSA) is 45.1 Å². The van der Waals surface area contributed by atoms with Crippen molar-refractivity contribution < 1.29 is 9.53 Å². The summed E-state index contributed by atoms with van der Waals surface area (Å²) in [5.41, 5.74) is 0.755. The number of carbonyl (C=O) groups is 1. The summed E-state index contributed by atoms with van der Waals surface area (Å²) in [5.74, 6) is 0.106. The average Bonchev–Trinajstić information content (AvgIpc) is 3.02. The molecule has 0 atom stereocenters. The van der Waals surface area contributed by atoms with Crippen molar-refractivity contribution in [1.82, 2.24) is 9.80 Å². The van der Waals surface area contributed by atoms with Crippen molar-refractivity contribution in [3.05, 3.63) is 35.9 Å². The van der Waals surface area contributed by atoms with Crippen LogP contribution in [-0.4, -0.2) is 61.1 Å². The Bertz CT molecular complexity index is 479. The highest BCUT2D eigenvalue weighted by molar-refractivity contribution is 5.94. The van der Waals surface area contributed by atoms with E-state index in [0.29, 0.717) is 6.61 Å². The standard InChI is InChI=1S/C14H17N3O2/c18-13(12-4-2-1-3-5-12)16-7-9-17(10-8-16)14-15-6-11-19-14/h1-5H,6-11H2. The molecule has 0 aromatic heterocycles. The zero-order valence-electron chi connectivity index (χ0n) is 10.8. The van der Waals surface area contributed by atoms with Crippen molar-refractivity contribution in [1.29, 1.82) is 0 Å². The highest BCUT2D eigenvalue weighted by Gasteiger charge is 2.25. The van der Waals surface area contributed by atoms with E-state index in [2.05, 4.69) is 9.89 Å². The van der Waals surface area contributed by atoms with Gasteiger partial charge in [0.25, 0.3) is 11.9 Å². The van der Waals surface area contributed by atoms with E-state index < -0.39 is 0 Å². The molecule has 2 aliphatic rings. The number of nitrogens with zero attached hydrogens (tertiary/aromatic N) is 3. The largest absolute Gasteiger partial charge is 0.463 e. The first kappa shape index (κ1) is 12.0. The number of aliphatic imine (C=N–C) groups is 1. The molecule has 0 unspecified atom stereocenters. The summed E-state index contributed by atoms with van der Waals surface area (Å²) in [5, 5.41) is 0. The van der Waals surface area contributed by atoms with Crippen molar-refractivity contribution >= 4 is 11.9 Å². The van der Waals surface area contributed by atoms with Gasteiger partial charge in [0, 0.05) is 31.7 Å². The molecule has 0 N–H and O–H groups in total. The Balaban J connectivity index is 1.59. The number of ether oxygens (including phenoxy) is 1. The summed E-state index contributed by atoms with van der Waals surface area (Å²) in [7, 11) is 0. The van der Waals surface area contributed by atoms with Gasteiger partial charge in [0.05, 0.1) is 6.54 Å². The number of hydrogen-bond donors (Lipinski definition) is 0. The van der Waals surface area contributed by atoms with Gasteiger partial charge >= 0.3 is 0 Å². The normalized spacial score (nSPS) is 19.1.